The van der Waals surface area contributed by atoms with Crippen LogP contribution >= 0.6 is 23.5 Å². The maximum absolute atomic E-state index is 11.9. The first kappa shape index (κ1) is 26.1. The van der Waals surface area contributed by atoms with Crippen molar-refractivity contribution < 1.29 is 61.1 Å². The zero-order valence-electron chi connectivity index (χ0n) is 16.6. The number of phosphoric ester groups is 1. The molecule has 0 radical (unpaired) electrons. The Bertz CT molecular complexity index is 1150. The molecule has 21 heteroatoms. The number of aliphatic hydroxyl groups is 1. The lowest BCUT2D eigenvalue weighted by Crippen LogP contribution is -2.26. The van der Waals surface area contributed by atoms with Crippen LogP contribution in [0.2, 0.25) is 0 Å². The third-order valence-corrected chi connectivity index (χ3v) is 7.92. The lowest BCUT2D eigenvalue weighted by Gasteiger charge is -2.19. The van der Waals surface area contributed by atoms with Gasteiger partial charge in [-0.15, -0.1) is 0 Å². The zero-order valence-corrected chi connectivity index (χ0v) is 19.2. The first-order valence-corrected chi connectivity index (χ1v) is 13.3. The van der Waals surface area contributed by atoms with E-state index >= 15 is 0 Å². The fourth-order valence-electron chi connectivity index (χ4n) is 2.96. The average Bonchev–Trinajstić information content (AvgIpc) is 3.20. The fraction of sp³-hybridized carbons (Fsp3) is 0.500. The molecule has 0 bridgehead atoms. The van der Waals surface area contributed by atoms with E-state index in [4.69, 9.17) is 30.0 Å². The largest absolute Gasteiger partial charge is 0.490 e. The second-order valence-electron chi connectivity index (χ2n) is 6.52. The van der Waals surface area contributed by atoms with Gasteiger partial charge in [0.25, 0.3) is 0 Å². The van der Waals surface area contributed by atoms with Crippen LogP contribution in [0, 0.1) is 0 Å². The lowest BCUT2D eigenvalue weighted by molar-refractivity contribution is -0.0421. The number of ether oxygens (including phenoxy) is 1. The van der Waals surface area contributed by atoms with Crippen LogP contribution in [0.3, 0.4) is 0 Å². The summed E-state index contributed by atoms with van der Waals surface area (Å²) in [5.74, 6) is 0.200. The quantitative estimate of drug-likeness (QED) is 0.155. The number of aromatic nitrogens is 3. The average molecular weight is 535 g/mol. The Labute approximate surface area is 184 Å². The van der Waals surface area contributed by atoms with Crippen molar-refractivity contribution in [3.05, 3.63) is 12.3 Å². The molecule has 1 aliphatic rings. The van der Waals surface area contributed by atoms with Crippen LogP contribution in [0.5, 0.6) is 0 Å². The van der Waals surface area contributed by atoms with E-state index in [0.29, 0.717) is 11.0 Å². The number of nitrogen functional groups attached to an aromatic ring is 1. The van der Waals surface area contributed by atoms with Crippen LogP contribution in [-0.4, -0.2) is 65.1 Å². The Morgan fingerprint density at radius 3 is 2.55 bits per heavy atom. The van der Waals surface area contributed by atoms with Gasteiger partial charge >= 0.3 is 23.5 Å². The molecule has 0 aliphatic carbocycles. The number of hydrogen-bond donors (Lipinski definition) is 7. The van der Waals surface area contributed by atoms with Gasteiger partial charge in [0.05, 0.1) is 25.2 Å². The molecule has 33 heavy (non-hydrogen) atoms. The van der Waals surface area contributed by atoms with Crippen molar-refractivity contribution in [2.24, 2.45) is 0 Å². The molecule has 0 saturated carbocycles. The molecule has 186 valence electrons. The van der Waals surface area contributed by atoms with Crippen LogP contribution in [0.4, 0.5) is 11.8 Å². The molecule has 0 amide bonds. The summed E-state index contributed by atoms with van der Waals surface area (Å²) in [6, 6.07) is 1.63. The van der Waals surface area contributed by atoms with Crippen molar-refractivity contribution in [3.63, 3.8) is 0 Å². The first-order valence-electron chi connectivity index (χ1n) is 8.74. The molecule has 0 aromatic carbocycles. The van der Waals surface area contributed by atoms with Gasteiger partial charge in [-0.3, -0.25) is 9.36 Å². The molecule has 1 saturated heterocycles. The highest BCUT2D eigenvalue weighted by Crippen LogP contribution is 2.66. The van der Waals surface area contributed by atoms with E-state index in [1.807, 2.05) is 0 Å². The normalized spacial score (nSPS) is 25.1. The molecular weight excluding hydrogens is 515 g/mol. The highest BCUT2D eigenvalue weighted by Gasteiger charge is 2.43. The van der Waals surface area contributed by atoms with Crippen LogP contribution in [0.15, 0.2) is 12.3 Å². The van der Waals surface area contributed by atoms with Crippen molar-refractivity contribution in [2.45, 2.75) is 24.9 Å². The van der Waals surface area contributed by atoms with E-state index in [1.165, 1.54) is 11.7 Å². The zero-order chi connectivity index (χ0) is 24.6. The van der Waals surface area contributed by atoms with E-state index in [1.54, 1.807) is 12.3 Å². The molecule has 2 aromatic rings. The summed E-state index contributed by atoms with van der Waals surface area (Å²) in [6.07, 6.45) is -1.67. The smallest absolute Gasteiger partial charge is 0.390 e. The molecule has 3 heterocycles. The number of nitrogens with one attached hydrogen (secondary N) is 1. The van der Waals surface area contributed by atoms with Crippen LogP contribution in [-0.2, 0) is 36.4 Å². The molecule has 3 rings (SSSR count). The van der Waals surface area contributed by atoms with E-state index < -0.39 is 48.5 Å². The number of rotatable bonds is 10. The number of nitrogens with zero attached hydrogens (tertiary/aromatic N) is 3. The van der Waals surface area contributed by atoms with Gasteiger partial charge in [-0.1, -0.05) is 0 Å². The van der Waals surface area contributed by atoms with Gasteiger partial charge in [0.2, 0.25) is 5.95 Å². The topological polar surface area (TPSA) is 267 Å². The van der Waals surface area contributed by atoms with Crippen molar-refractivity contribution in [1.82, 2.24) is 14.5 Å². The fourth-order valence-corrected chi connectivity index (χ4v) is 5.99. The predicted octanol–water partition coefficient (Wildman–Crippen LogP) is -0.0215. The van der Waals surface area contributed by atoms with Gasteiger partial charge in [0.15, 0.2) is 5.82 Å². The maximum Gasteiger partial charge on any atom is 0.490 e. The molecule has 8 N–H and O–H groups in total. The van der Waals surface area contributed by atoms with Crippen LogP contribution in [0.1, 0.15) is 12.6 Å². The van der Waals surface area contributed by atoms with E-state index in [-0.39, 0.29) is 18.2 Å². The van der Waals surface area contributed by atoms with E-state index in [2.05, 4.69) is 28.6 Å². The van der Waals surface area contributed by atoms with Gasteiger partial charge < -0.3 is 39.7 Å². The van der Waals surface area contributed by atoms with Gasteiger partial charge in [0, 0.05) is 12.6 Å². The van der Waals surface area contributed by atoms with Gasteiger partial charge in [-0.25, -0.2) is 19.2 Å². The SMILES string of the molecule is CONc1nc(N)nc2c1ccn2C1C[C@H](O)C(COP(=O)(O)OP(=O)(O)OP(=O)(O)O)O1. The van der Waals surface area contributed by atoms with Gasteiger partial charge in [-0.2, -0.15) is 18.6 Å². The summed E-state index contributed by atoms with van der Waals surface area (Å²) in [7, 11) is -15.2. The number of anilines is 2. The minimum absolute atomic E-state index is 0.00878. The third-order valence-electron chi connectivity index (χ3n) is 4.12. The highest BCUT2D eigenvalue weighted by atomic mass is 31.3. The third kappa shape index (κ3) is 6.77. The monoisotopic (exact) mass is 535 g/mol. The van der Waals surface area contributed by atoms with Crippen LogP contribution < -0.4 is 11.2 Å². The Kier molecular flexibility index (Phi) is 7.63. The highest BCUT2D eigenvalue weighted by molar-refractivity contribution is 7.66. The number of fused-ring (bicyclic) bond motifs is 1. The molecule has 2 aromatic heterocycles. The minimum atomic E-state index is -5.66. The summed E-state index contributed by atoms with van der Waals surface area (Å²) in [6.45, 7) is -0.797. The van der Waals surface area contributed by atoms with Crippen molar-refractivity contribution >= 4 is 46.3 Å². The molecular formula is C12H20N5O13P3. The van der Waals surface area contributed by atoms with Gasteiger partial charge in [0.1, 0.15) is 18.0 Å². The molecule has 18 nitrogen and oxygen atoms in total. The van der Waals surface area contributed by atoms with Crippen molar-refractivity contribution in [2.75, 3.05) is 24.9 Å². The Balaban J connectivity index is 1.69. The number of aliphatic hydroxyl groups excluding tert-OH is 1. The lowest BCUT2D eigenvalue weighted by atomic mass is 10.2. The summed E-state index contributed by atoms with van der Waals surface area (Å²) >= 11 is 0. The predicted molar refractivity (Wildman–Crippen MR) is 107 cm³/mol. The van der Waals surface area contributed by atoms with Gasteiger partial charge in [-0.05, 0) is 6.07 Å². The van der Waals surface area contributed by atoms with Crippen molar-refractivity contribution in [1.29, 1.82) is 0 Å². The molecule has 4 unspecified atom stereocenters. The van der Waals surface area contributed by atoms with Crippen LogP contribution in [0.25, 0.3) is 11.0 Å². The molecule has 1 aliphatic heterocycles. The second-order valence-corrected chi connectivity index (χ2v) is 10.9. The maximum atomic E-state index is 11.9. The van der Waals surface area contributed by atoms with E-state index in [0.717, 1.165) is 0 Å². The summed E-state index contributed by atoms with van der Waals surface area (Å²) in [5, 5.41) is 10.8. The Morgan fingerprint density at radius 2 is 1.91 bits per heavy atom. The summed E-state index contributed by atoms with van der Waals surface area (Å²) in [4.78, 5) is 48.7. The molecule has 5 atom stereocenters. The molecule has 0 spiro atoms. The van der Waals surface area contributed by atoms with Crippen molar-refractivity contribution in [3.8, 4) is 0 Å². The molecule has 1 fully saturated rings. The van der Waals surface area contributed by atoms with E-state index in [9.17, 15) is 23.7 Å². The number of phosphoric acid groups is 3. The standard InChI is InChI=1S/C12H20N5O13P3/c1-26-16-10-6-2-3-17(11(6)15-12(13)14-10)9-4-7(18)8(28-9)5-27-32(22,23)30-33(24,25)29-31(19,20)21/h2-3,7-9,18H,4-5H2,1H3,(H,22,23)(H,24,25)(H2,19,20,21)(H3,13,14,15,16)/t7-,8?,9?/m0/s1. The first-order chi connectivity index (χ1) is 15.2. The number of hydrogen-bond acceptors (Lipinski definition) is 13. The summed E-state index contributed by atoms with van der Waals surface area (Å²) in [5.41, 5.74) is 8.58. The summed E-state index contributed by atoms with van der Waals surface area (Å²) < 4.78 is 52.8. The Morgan fingerprint density at radius 1 is 1.21 bits per heavy atom. The Hall–Kier alpha value is -1.49. The minimum Gasteiger partial charge on any atom is -0.390 e. The second kappa shape index (κ2) is 9.64. The number of nitrogens with two attached hydrogens (primary N) is 1.